The molecule has 100 valence electrons. The van der Waals surface area contributed by atoms with Crippen molar-refractivity contribution >= 4 is 5.97 Å². The predicted molar refractivity (Wildman–Crippen MR) is 47.0 cm³/mol. The molecule has 0 saturated heterocycles. The van der Waals surface area contributed by atoms with Crippen LogP contribution in [0.25, 0.3) is 0 Å². The molecular formula is C9H6F5NO3. The van der Waals surface area contributed by atoms with Crippen LogP contribution in [0.15, 0.2) is 6.20 Å². The van der Waals surface area contributed by atoms with Gasteiger partial charge in [-0.2, -0.15) is 0 Å². The van der Waals surface area contributed by atoms with Crippen LogP contribution in [0.3, 0.4) is 0 Å². The average molecular weight is 271 g/mol. The molecule has 0 spiro atoms. The summed E-state index contributed by atoms with van der Waals surface area (Å²) in [6.45, 7) is -1.25. The standard InChI is InChI=1S/C9H6F5NO3/c10-2-4-3-15-8(18-9(12,13)14)7(11)5(4)1-6(16)17/h3H,1-2H2,(H,16,17). The number of carbonyl (C=O) groups is 1. The van der Waals surface area contributed by atoms with Gasteiger partial charge in [-0.3, -0.25) is 4.79 Å². The molecule has 4 nitrogen and oxygen atoms in total. The van der Waals surface area contributed by atoms with Crippen LogP contribution in [0.5, 0.6) is 5.88 Å². The van der Waals surface area contributed by atoms with Gasteiger partial charge in [-0.1, -0.05) is 0 Å². The Kier molecular flexibility index (Phi) is 4.04. The number of carboxylic acid groups (broad SMARTS) is 1. The first-order valence-corrected chi connectivity index (χ1v) is 4.44. The van der Waals surface area contributed by atoms with Crippen molar-refractivity contribution in [2.45, 2.75) is 19.5 Å². The number of nitrogens with zero attached hydrogens (tertiary/aromatic N) is 1. The van der Waals surface area contributed by atoms with E-state index < -0.39 is 48.3 Å². The predicted octanol–water partition coefficient (Wildman–Crippen LogP) is 2.22. The van der Waals surface area contributed by atoms with Crippen LogP contribution in [0.4, 0.5) is 22.0 Å². The molecule has 0 amide bonds. The van der Waals surface area contributed by atoms with Gasteiger partial charge in [0.2, 0.25) is 0 Å². The Labute approximate surface area is 97.0 Å². The zero-order valence-electron chi connectivity index (χ0n) is 8.59. The molecule has 1 heterocycles. The van der Waals surface area contributed by atoms with Gasteiger partial charge in [-0.05, 0) is 0 Å². The largest absolute Gasteiger partial charge is 0.574 e. The van der Waals surface area contributed by atoms with Gasteiger partial charge in [-0.15, -0.1) is 13.2 Å². The highest BCUT2D eigenvalue weighted by atomic mass is 19.4. The normalized spacial score (nSPS) is 11.4. The Balaban J connectivity index is 3.20. The summed E-state index contributed by atoms with van der Waals surface area (Å²) in [5.41, 5.74) is -1.16. The quantitative estimate of drug-likeness (QED) is 0.853. The zero-order valence-corrected chi connectivity index (χ0v) is 8.59. The fourth-order valence-corrected chi connectivity index (χ4v) is 1.18. The van der Waals surface area contributed by atoms with E-state index in [1.165, 1.54) is 0 Å². The molecule has 1 aromatic rings. The summed E-state index contributed by atoms with van der Waals surface area (Å²) in [5, 5.41) is 8.46. The van der Waals surface area contributed by atoms with Crippen molar-refractivity contribution in [3.63, 3.8) is 0 Å². The van der Waals surface area contributed by atoms with Crippen molar-refractivity contribution in [3.05, 3.63) is 23.1 Å². The first kappa shape index (κ1) is 14.1. The second-order valence-electron chi connectivity index (χ2n) is 3.13. The maximum absolute atomic E-state index is 13.5. The van der Waals surface area contributed by atoms with Crippen molar-refractivity contribution in [1.29, 1.82) is 0 Å². The Bertz CT molecular complexity index is 460. The molecule has 0 aliphatic rings. The van der Waals surface area contributed by atoms with E-state index in [9.17, 15) is 26.7 Å². The molecule has 0 bridgehead atoms. The van der Waals surface area contributed by atoms with E-state index in [-0.39, 0.29) is 0 Å². The average Bonchev–Trinajstić information content (AvgIpc) is 2.22. The maximum atomic E-state index is 13.5. The van der Waals surface area contributed by atoms with Gasteiger partial charge < -0.3 is 9.84 Å². The summed E-state index contributed by atoms with van der Waals surface area (Å²) in [6, 6.07) is 0. The highest BCUT2D eigenvalue weighted by Crippen LogP contribution is 2.27. The van der Waals surface area contributed by atoms with Crippen molar-refractivity contribution in [2.75, 3.05) is 0 Å². The third kappa shape index (κ3) is 3.54. The van der Waals surface area contributed by atoms with Crippen molar-refractivity contribution < 1.29 is 36.6 Å². The summed E-state index contributed by atoms with van der Waals surface area (Å²) in [5.74, 6) is -4.59. The summed E-state index contributed by atoms with van der Waals surface area (Å²) in [4.78, 5) is 13.4. The lowest BCUT2D eigenvalue weighted by atomic mass is 10.1. The molecule has 0 atom stereocenters. The van der Waals surface area contributed by atoms with Crippen molar-refractivity contribution in [2.24, 2.45) is 0 Å². The molecule has 0 aliphatic carbocycles. The number of aliphatic carboxylic acids is 1. The summed E-state index contributed by atoms with van der Waals surface area (Å²) >= 11 is 0. The van der Waals surface area contributed by atoms with Gasteiger partial charge in [0.25, 0.3) is 5.88 Å². The highest BCUT2D eigenvalue weighted by Gasteiger charge is 2.34. The molecular weight excluding hydrogens is 265 g/mol. The summed E-state index contributed by atoms with van der Waals surface area (Å²) in [6.07, 6.45) is -5.55. The van der Waals surface area contributed by atoms with E-state index in [2.05, 4.69) is 9.72 Å². The first-order chi connectivity index (χ1) is 8.24. The number of pyridine rings is 1. The number of aromatic nitrogens is 1. The van der Waals surface area contributed by atoms with Crippen LogP contribution >= 0.6 is 0 Å². The monoisotopic (exact) mass is 271 g/mol. The minimum Gasteiger partial charge on any atom is -0.481 e. The molecule has 0 saturated carbocycles. The Morgan fingerprint density at radius 1 is 1.44 bits per heavy atom. The van der Waals surface area contributed by atoms with Crippen LogP contribution in [-0.2, 0) is 17.9 Å². The molecule has 1 rings (SSSR count). The molecule has 9 heteroatoms. The number of ether oxygens (including phenoxy) is 1. The van der Waals surface area contributed by atoms with E-state index >= 15 is 0 Å². The second-order valence-corrected chi connectivity index (χ2v) is 3.13. The molecule has 0 unspecified atom stereocenters. The van der Waals surface area contributed by atoms with Crippen LogP contribution in [-0.4, -0.2) is 22.4 Å². The number of alkyl halides is 4. The van der Waals surface area contributed by atoms with Crippen LogP contribution in [0.1, 0.15) is 11.1 Å². The second kappa shape index (κ2) is 5.15. The molecule has 0 fully saturated rings. The first-order valence-electron chi connectivity index (χ1n) is 4.44. The van der Waals surface area contributed by atoms with E-state index in [4.69, 9.17) is 5.11 Å². The topological polar surface area (TPSA) is 59.4 Å². The minimum absolute atomic E-state index is 0.440. The van der Waals surface area contributed by atoms with E-state index in [0.717, 1.165) is 0 Å². The number of carboxylic acids is 1. The number of hydrogen-bond acceptors (Lipinski definition) is 3. The van der Waals surface area contributed by atoms with Crippen molar-refractivity contribution in [3.8, 4) is 5.88 Å². The Hall–Kier alpha value is -1.93. The number of hydrogen-bond donors (Lipinski definition) is 1. The smallest absolute Gasteiger partial charge is 0.481 e. The molecule has 0 aromatic carbocycles. The lowest BCUT2D eigenvalue weighted by molar-refractivity contribution is -0.277. The van der Waals surface area contributed by atoms with Crippen molar-refractivity contribution in [1.82, 2.24) is 4.98 Å². The molecule has 18 heavy (non-hydrogen) atoms. The Morgan fingerprint density at radius 2 is 2.06 bits per heavy atom. The minimum atomic E-state index is -5.18. The SMILES string of the molecule is O=C(O)Cc1c(CF)cnc(OC(F)(F)F)c1F. The van der Waals surface area contributed by atoms with Gasteiger partial charge in [0, 0.05) is 17.3 Å². The summed E-state index contributed by atoms with van der Waals surface area (Å²) in [7, 11) is 0. The van der Waals surface area contributed by atoms with E-state index in [1.54, 1.807) is 0 Å². The molecule has 0 aliphatic heterocycles. The number of rotatable bonds is 4. The van der Waals surface area contributed by atoms with Crippen LogP contribution in [0, 0.1) is 5.82 Å². The summed E-state index contributed by atoms with van der Waals surface area (Å²) < 4.78 is 64.8. The zero-order chi connectivity index (χ0) is 13.9. The van der Waals surface area contributed by atoms with Gasteiger partial charge in [0.15, 0.2) is 5.82 Å². The third-order valence-corrected chi connectivity index (χ3v) is 1.86. The van der Waals surface area contributed by atoms with Gasteiger partial charge >= 0.3 is 12.3 Å². The maximum Gasteiger partial charge on any atom is 0.574 e. The van der Waals surface area contributed by atoms with Gasteiger partial charge in [-0.25, -0.2) is 13.8 Å². The lowest BCUT2D eigenvalue weighted by Gasteiger charge is -2.12. The van der Waals surface area contributed by atoms with Gasteiger partial charge in [0.05, 0.1) is 6.42 Å². The number of halogens is 5. The Morgan fingerprint density at radius 3 is 2.50 bits per heavy atom. The highest BCUT2D eigenvalue weighted by molar-refractivity contribution is 5.71. The van der Waals surface area contributed by atoms with Crippen LogP contribution < -0.4 is 4.74 Å². The molecule has 0 radical (unpaired) electrons. The fraction of sp³-hybridized carbons (Fsp3) is 0.333. The fourth-order valence-electron chi connectivity index (χ4n) is 1.18. The van der Waals surface area contributed by atoms with E-state index in [0.29, 0.717) is 6.20 Å². The van der Waals surface area contributed by atoms with E-state index in [1.807, 2.05) is 0 Å². The van der Waals surface area contributed by atoms with Gasteiger partial charge in [0.1, 0.15) is 6.67 Å². The molecule has 1 N–H and O–H groups in total. The molecule has 1 aromatic heterocycles. The third-order valence-electron chi connectivity index (χ3n) is 1.86. The lowest BCUT2D eigenvalue weighted by Crippen LogP contribution is -2.20. The van der Waals surface area contributed by atoms with Crippen LogP contribution in [0.2, 0.25) is 0 Å².